The summed E-state index contributed by atoms with van der Waals surface area (Å²) in [5.74, 6) is 3.05. The Bertz CT molecular complexity index is 142. The van der Waals surface area contributed by atoms with Gasteiger partial charge >= 0.3 is 0 Å². The van der Waals surface area contributed by atoms with E-state index in [4.69, 9.17) is 0 Å². The number of piperidine rings is 1. The maximum Gasteiger partial charge on any atom is 0.000938 e. The summed E-state index contributed by atoms with van der Waals surface area (Å²) in [5.41, 5.74) is 0. The van der Waals surface area contributed by atoms with Crippen LogP contribution in [0.1, 0.15) is 26.2 Å². The van der Waals surface area contributed by atoms with Gasteiger partial charge in [-0.3, -0.25) is 0 Å². The second kappa shape index (κ2) is 2.78. The lowest BCUT2D eigenvalue weighted by atomic mass is 9.72. The third-order valence-corrected chi connectivity index (χ3v) is 3.59. The highest BCUT2D eigenvalue weighted by atomic mass is 15.1. The third-order valence-electron chi connectivity index (χ3n) is 3.59. The molecule has 0 aromatic carbocycles. The highest BCUT2D eigenvalue weighted by molar-refractivity contribution is 4.85. The molecule has 1 saturated heterocycles. The van der Waals surface area contributed by atoms with Crippen molar-refractivity contribution < 1.29 is 0 Å². The van der Waals surface area contributed by atoms with E-state index in [-0.39, 0.29) is 0 Å². The molecule has 64 valence electrons. The van der Waals surface area contributed by atoms with Gasteiger partial charge in [-0.1, -0.05) is 13.3 Å². The highest BCUT2D eigenvalue weighted by Crippen LogP contribution is 2.37. The summed E-state index contributed by atoms with van der Waals surface area (Å²) in [6.45, 7) is 5.15. The molecule has 0 aromatic rings. The van der Waals surface area contributed by atoms with Crippen LogP contribution >= 0.6 is 0 Å². The zero-order chi connectivity index (χ0) is 7.84. The zero-order valence-corrected chi connectivity index (χ0v) is 7.71. The van der Waals surface area contributed by atoms with Gasteiger partial charge in [0.15, 0.2) is 0 Å². The molecule has 0 amide bonds. The van der Waals surface area contributed by atoms with Crippen LogP contribution in [-0.4, -0.2) is 25.0 Å². The molecule has 0 spiro atoms. The van der Waals surface area contributed by atoms with Gasteiger partial charge in [-0.05, 0) is 37.6 Å². The van der Waals surface area contributed by atoms with Crippen LogP contribution in [0.2, 0.25) is 0 Å². The maximum absolute atomic E-state index is 2.52. The van der Waals surface area contributed by atoms with Crippen LogP contribution in [0.15, 0.2) is 0 Å². The summed E-state index contributed by atoms with van der Waals surface area (Å²) in [6.07, 6.45) is 4.50. The Kier molecular flexibility index (Phi) is 1.92. The first-order valence-electron chi connectivity index (χ1n) is 4.94. The van der Waals surface area contributed by atoms with Gasteiger partial charge in [-0.25, -0.2) is 0 Å². The van der Waals surface area contributed by atoms with Crippen LogP contribution in [0.25, 0.3) is 0 Å². The van der Waals surface area contributed by atoms with Crippen molar-refractivity contribution in [3.8, 4) is 0 Å². The molecule has 1 heteroatoms. The third kappa shape index (κ3) is 1.44. The molecule has 0 radical (unpaired) electrons. The highest BCUT2D eigenvalue weighted by Gasteiger charge is 2.32. The van der Waals surface area contributed by atoms with E-state index in [1.807, 2.05) is 0 Å². The quantitative estimate of drug-likeness (QED) is 0.514. The van der Waals surface area contributed by atoms with E-state index in [1.54, 1.807) is 0 Å². The fourth-order valence-corrected chi connectivity index (χ4v) is 2.85. The molecule has 2 aliphatic rings. The standard InChI is InChI=1S/C10H19N/c1-8-3-4-9-5-10(8)7-11(2)6-9/h8-10H,3-7H2,1-2H3. The molecule has 0 N–H and O–H groups in total. The Balaban J connectivity index is 2.02. The Morgan fingerprint density at radius 2 is 2.00 bits per heavy atom. The van der Waals surface area contributed by atoms with Crippen molar-refractivity contribution in [1.82, 2.24) is 4.90 Å². The van der Waals surface area contributed by atoms with Gasteiger partial charge in [0.25, 0.3) is 0 Å². The van der Waals surface area contributed by atoms with Gasteiger partial charge in [0.05, 0.1) is 0 Å². The van der Waals surface area contributed by atoms with Crippen LogP contribution < -0.4 is 0 Å². The zero-order valence-electron chi connectivity index (χ0n) is 7.71. The number of nitrogens with zero attached hydrogens (tertiary/aromatic N) is 1. The summed E-state index contributed by atoms with van der Waals surface area (Å²) >= 11 is 0. The second-order valence-electron chi connectivity index (χ2n) is 4.64. The molecule has 2 fully saturated rings. The second-order valence-corrected chi connectivity index (χ2v) is 4.64. The SMILES string of the molecule is CC1CCC2CC1CN(C)C2. The molecule has 0 aromatic heterocycles. The van der Waals surface area contributed by atoms with E-state index < -0.39 is 0 Å². The van der Waals surface area contributed by atoms with E-state index >= 15 is 0 Å². The number of hydrogen-bond acceptors (Lipinski definition) is 1. The van der Waals surface area contributed by atoms with Gasteiger partial charge in [-0.15, -0.1) is 0 Å². The molecule has 3 atom stereocenters. The lowest BCUT2D eigenvalue weighted by Crippen LogP contribution is -2.43. The van der Waals surface area contributed by atoms with Gasteiger partial charge in [0.1, 0.15) is 0 Å². The minimum atomic E-state index is 0.994. The number of fused-ring (bicyclic) bond motifs is 2. The lowest BCUT2D eigenvalue weighted by Gasteiger charge is -2.43. The van der Waals surface area contributed by atoms with Crippen molar-refractivity contribution in [2.75, 3.05) is 20.1 Å². The Morgan fingerprint density at radius 3 is 2.82 bits per heavy atom. The van der Waals surface area contributed by atoms with E-state index in [0.29, 0.717) is 0 Å². The van der Waals surface area contributed by atoms with Crippen LogP contribution in [-0.2, 0) is 0 Å². The minimum Gasteiger partial charge on any atom is -0.306 e. The van der Waals surface area contributed by atoms with Crippen molar-refractivity contribution in [2.24, 2.45) is 17.8 Å². The number of hydrogen-bond donors (Lipinski definition) is 0. The van der Waals surface area contributed by atoms with E-state index in [1.165, 1.54) is 32.4 Å². The summed E-state index contributed by atoms with van der Waals surface area (Å²) < 4.78 is 0. The molecule has 1 nitrogen and oxygen atoms in total. The molecular formula is C10H19N. The van der Waals surface area contributed by atoms with E-state index in [2.05, 4.69) is 18.9 Å². The molecule has 2 rings (SSSR count). The van der Waals surface area contributed by atoms with Crippen molar-refractivity contribution >= 4 is 0 Å². The summed E-state index contributed by atoms with van der Waals surface area (Å²) in [4.78, 5) is 2.52. The van der Waals surface area contributed by atoms with Crippen LogP contribution in [0.4, 0.5) is 0 Å². The number of rotatable bonds is 0. The fourth-order valence-electron chi connectivity index (χ4n) is 2.85. The Morgan fingerprint density at radius 1 is 1.18 bits per heavy atom. The summed E-state index contributed by atoms with van der Waals surface area (Å²) in [5, 5.41) is 0. The normalized spacial score (nSPS) is 45.8. The van der Waals surface area contributed by atoms with Gasteiger partial charge in [-0.2, -0.15) is 0 Å². The predicted octanol–water partition coefficient (Wildman–Crippen LogP) is 1.98. The monoisotopic (exact) mass is 153 g/mol. The first-order valence-corrected chi connectivity index (χ1v) is 4.94. The fraction of sp³-hybridized carbons (Fsp3) is 1.00. The average Bonchev–Trinajstić information content (AvgIpc) is 1.97. The van der Waals surface area contributed by atoms with Crippen molar-refractivity contribution in [3.05, 3.63) is 0 Å². The van der Waals surface area contributed by atoms with Gasteiger partial charge < -0.3 is 4.90 Å². The van der Waals surface area contributed by atoms with Gasteiger partial charge in [0.2, 0.25) is 0 Å². The average molecular weight is 153 g/mol. The van der Waals surface area contributed by atoms with E-state index in [0.717, 1.165) is 17.8 Å². The molecular weight excluding hydrogens is 134 g/mol. The molecule has 1 aliphatic carbocycles. The topological polar surface area (TPSA) is 3.24 Å². The smallest absolute Gasteiger partial charge is 0.000938 e. The Labute approximate surface area is 69.8 Å². The summed E-state index contributed by atoms with van der Waals surface area (Å²) in [7, 11) is 2.28. The first kappa shape index (κ1) is 7.60. The predicted molar refractivity (Wildman–Crippen MR) is 47.5 cm³/mol. The van der Waals surface area contributed by atoms with Crippen LogP contribution in [0.3, 0.4) is 0 Å². The number of likely N-dealkylation sites (tertiary alicyclic amines) is 1. The minimum absolute atomic E-state index is 0.994. The molecule has 1 saturated carbocycles. The van der Waals surface area contributed by atoms with Crippen LogP contribution in [0, 0.1) is 17.8 Å². The maximum atomic E-state index is 2.52. The van der Waals surface area contributed by atoms with Crippen LogP contribution in [0.5, 0.6) is 0 Å². The van der Waals surface area contributed by atoms with Crippen molar-refractivity contribution in [2.45, 2.75) is 26.2 Å². The molecule has 1 aliphatic heterocycles. The molecule has 1 heterocycles. The molecule has 2 bridgehead atoms. The first-order chi connectivity index (χ1) is 5.25. The largest absolute Gasteiger partial charge is 0.306 e. The Hall–Kier alpha value is -0.0400. The summed E-state index contributed by atoms with van der Waals surface area (Å²) in [6, 6.07) is 0. The molecule has 11 heavy (non-hydrogen) atoms. The van der Waals surface area contributed by atoms with Gasteiger partial charge in [0, 0.05) is 13.1 Å². The van der Waals surface area contributed by atoms with E-state index in [9.17, 15) is 0 Å². The van der Waals surface area contributed by atoms with Crippen molar-refractivity contribution in [3.63, 3.8) is 0 Å². The van der Waals surface area contributed by atoms with Crippen molar-refractivity contribution in [1.29, 1.82) is 0 Å². The lowest BCUT2D eigenvalue weighted by molar-refractivity contribution is 0.0694. The molecule has 3 unspecified atom stereocenters.